The van der Waals surface area contributed by atoms with Gasteiger partial charge in [-0.15, -0.1) is 0 Å². The van der Waals surface area contributed by atoms with Crippen LogP contribution in [0.15, 0.2) is 60.7 Å². The highest BCUT2D eigenvalue weighted by Gasteiger charge is 2.27. The highest BCUT2D eigenvalue weighted by atomic mass is 19.1. The molecule has 2 aliphatic rings. The number of anilines is 1. The Labute approximate surface area is 178 Å². The molecule has 4 heteroatoms. The monoisotopic (exact) mass is 404 g/mol. The Balaban J connectivity index is 1.25. The summed E-state index contributed by atoms with van der Waals surface area (Å²) in [5.74, 6) is -0.177. The van der Waals surface area contributed by atoms with E-state index in [4.69, 9.17) is 4.74 Å². The molecule has 2 atom stereocenters. The number of benzene rings is 3. The van der Waals surface area contributed by atoms with Crippen molar-refractivity contribution in [1.29, 1.82) is 0 Å². The Morgan fingerprint density at radius 2 is 1.93 bits per heavy atom. The third-order valence-corrected chi connectivity index (χ3v) is 6.70. The van der Waals surface area contributed by atoms with E-state index in [0.717, 1.165) is 56.4 Å². The van der Waals surface area contributed by atoms with Crippen LogP contribution in [0.2, 0.25) is 0 Å². The highest BCUT2D eigenvalue weighted by Crippen LogP contribution is 2.32. The molecule has 0 amide bonds. The number of ether oxygens (including phenoxy) is 1. The minimum atomic E-state index is -0.177. The Morgan fingerprint density at radius 1 is 1.03 bits per heavy atom. The summed E-state index contributed by atoms with van der Waals surface area (Å²) in [4.78, 5) is 5.04. The topological polar surface area (TPSA) is 15.7 Å². The standard InChI is InChI=1S/C26H29FN2O/c1-19-18-29(25-8-4-6-21-17-22(27)9-10-23(21)25)15-14-28(19)13-11-26-24-7-3-2-5-20(24)12-16-30-26/h2-10,17,19,26H,11-16,18H2,1H3/t19-,26+/m1/s1. The molecule has 0 unspecified atom stereocenters. The first kappa shape index (κ1) is 19.5. The molecule has 0 spiro atoms. The van der Waals surface area contributed by atoms with E-state index < -0.39 is 0 Å². The van der Waals surface area contributed by atoms with Crippen LogP contribution in [0.1, 0.15) is 30.6 Å². The molecule has 3 aromatic carbocycles. The van der Waals surface area contributed by atoms with Crippen molar-refractivity contribution < 1.29 is 9.13 Å². The summed E-state index contributed by atoms with van der Waals surface area (Å²) in [6.45, 7) is 7.20. The minimum Gasteiger partial charge on any atom is -0.373 e. The van der Waals surface area contributed by atoms with Gasteiger partial charge in [-0.3, -0.25) is 4.90 Å². The molecule has 0 saturated carbocycles. The van der Waals surface area contributed by atoms with Crippen LogP contribution in [0.4, 0.5) is 10.1 Å². The van der Waals surface area contributed by atoms with E-state index in [1.54, 1.807) is 12.1 Å². The van der Waals surface area contributed by atoms with Crippen molar-refractivity contribution in [2.45, 2.75) is 31.9 Å². The molecule has 156 valence electrons. The molecule has 0 aliphatic carbocycles. The van der Waals surface area contributed by atoms with Crippen LogP contribution in [-0.4, -0.2) is 43.7 Å². The molecule has 3 nitrogen and oxygen atoms in total. The van der Waals surface area contributed by atoms with Crippen LogP contribution in [0.3, 0.4) is 0 Å². The summed E-state index contributed by atoms with van der Waals surface area (Å²) in [5.41, 5.74) is 4.03. The smallest absolute Gasteiger partial charge is 0.123 e. The van der Waals surface area contributed by atoms with E-state index in [1.165, 1.54) is 16.8 Å². The fraction of sp³-hybridized carbons (Fsp3) is 0.385. The van der Waals surface area contributed by atoms with Crippen LogP contribution >= 0.6 is 0 Å². The summed E-state index contributed by atoms with van der Waals surface area (Å²) in [7, 11) is 0. The maximum absolute atomic E-state index is 13.6. The zero-order valence-corrected chi connectivity index (χ0v) is 17.6. The van der Waals surface area contributed by atoms with Crippen LogP contribution in [0, 0.1) is 5.82 Å². The Hall–Kier alpha value is -2.43. The number of hydrogen-bond acceptors (Lipinski definition) is 3. The van der Waals surface area contributed by atoms with Crippen molar-refractivity contribution >= 4 is 16.5 Å². The van der Waals surface area contributed by atoms with Gasteiger partial charge in [-0.25, -0.2) is 4.39 Å². The molecule has 5 rings (SSSR count). The van der Waals surface area contributed by atoms with E-state index >= 15 is 0 Å². The summed E-state index contributed by atoms with van der Waals surface area (Å²) in [6, 6.07) is 20.5. The van der Waals surface area contributed by atoms with Crippen molar-refractivity contribution in [1.82, 2.24) is 4.90 Å². The van der Waals surface area contributed by atoms with Crippen molar-refractivity contribution in [3.8, 4) is 0 Å². The van der Waals surface area contributed by atoms with Gasteiger partial charge in [0.2, 0.25) is 0 Å². The normalized spacial score (nSPS) is 22.3. The summed E-state index contributed by atoms with van der Waals surface area (Å²) >= 11 is 0. The van der Waals surface area contributed by atoms with Gasteiger partial charge < -0.3 is 9.64 Å². The fourth-order valence-electron chi connectivity index (χ4n) is 5.06. The van der Waals surface area contributed by atoms with E-state index in [2.05, 4.69) is 47.1 Å². The average molecular weight is 405 g/mol. The molecular formula is C26H29FN2O. The predicted molar refractivity (Wildman–Crippen MR) is 121 cm³/mol. The van der Waals surface area contributed by atoms with Gasteiger partial charge in [-0.05, 0) is 60.5 Å². The fourth-order valence-corrected chi connectivity index (χ4v) is 5.06. The Bertz CT molecular complexity index is 1040. The van der Waals surface area contributed by atoms with Crippen molar-refractivity contribution in [3.63, 3.8) is 0 Å². The van der Waals surface area contributed by atoms with Gasteiger partial charge in [0.05, 0.1) is 12.7 Å². The third-order valence-electron chi connectivity index (χ3n) is 6.70. The second kappa shape index (κ2) is 8.37. The van der Waals surface area contributed by atoms with Gasteiger partial charge >= 0.3 is 0 Å². The minimum absolute atomic E-state index is 0.177. The van der Waals surface area contributed by atoms with Crippen LogP contribution in [0.25, 0.3) is 10.8 Å². The van der Waals surface area contributed by atoms with Gasteiger partial charge in [-0.1, -0.05) is 36.4 Å². The largest absolute Gasteiger partial charge is 0.373 e. The zero-order valence-electron chi connectivity index (χ0n) is 17.6. The number of nitrogens with zero attached hydrogens (tertiary/aromatic N) is 2. The van der Waals surface area contributed by atoms with Gasteiger partial charge in [0, 0.05) is 43.3 Å². The summed E-state index contributed by atoms with van der Waals surface area (Å²) < 4.78 is 19.7. The highest BCUT2D eigenvalue weighted by molar-refractivity contribution is 5.94. The number of fused-ring (bicyclic) bond motifs is 2. The zero-order chi connectivity index (χ0) is 20.5. The Kier molecular flexibility index (Phi) is 5.45. The molecule has 1 fully saturated rings. The average Bonchev–Trinajstić information content (AvgIpc) is 2.77. The molecule has 30 heavy (non-hydrogen) atoms. The van der Waals surface area contributed by atoms with Crippen LogP contribution in [-0.2, 0) is 11.2 Å². The number of halogens is 1. The summed E-state index contributed by atoms with van der Waals surface area (Å²) in [6.07, 6.45) is 2.28. The Morgan fingerprint density at radius 3 is 2.83 bits per heavy atom. The number of rotatable bonds is 4. The van der Waals surface area contributed by atoms with Crippen LogP contribution in [0.5, 0.6) is 0 Å². The van der Waals surface area contributed by atoms with Crippen molar-refractivity contribution in [2.75, 3.05) is 37.7 Å². The third kappa shape index (κ3) is 3.82. The van der Waals surface area contributed by atoms with Crippen LogP contribution < -0.4 is 4.90 Å². The first-order chi connectivity index (χ1) is 14.7. The van der Waals surface area contributed by atoms with Gasteiger partial charge in [-0.2, -0.15) is 0 Å². The molecule has 0 N–H and O–H groups in total. The molecule has 3 aromatic rings. The molecule has 2 aliphatic heterocycles. The lowest BCUT2D eigenvalue weighted by molar-refractivity contribution is 0.0255. The lowest BCUT2D eigenvalue weighted by atomic mass is 9.95. The number of piperazine rings is 1. The number of hydrogen-bond donors (Lipinski definition) is 0. The quantitative estimate of drug-likeness (QED) is 0.595. The molecule has 0 radical (unpaired) electrons. The van der Waals surface area contributed by atoms with E-state index in [0.29, 0.717) is 6.04 Å². The lowest BCUT2D eigenvalue weighted by Crippen LogP contribution is -2.52. The second-order valence-electron chi connectivity index (χ2n) is 8.57. The van der Waals surface area contributed by atoms with Gasteiger partial charge in [0.25, 0.3) is 0 Å². The first-order valence-corrected chi connectivity index (χ1v) is 11.1. The van der Waals surface area contributed by atoms with Crippen molar-refractivity contribution in [3.05, 3.63) is 77.6 Å². The van der Waals surface area contributed by atoms with Gasteiger partial charge in [0.1, 0.15) is 5.82 Å². The second-order valence-corrected chi connectivity index (χ2v) is 8.57. The van der Waals surface area contributed by atoms with Crippen molar-refractivity contribution in [2.24, 2.45) is 0 Å². The lowest BCUT2D eigenvalue weighted by Gasteiger charge is -2.42. The van der Waals surface area contributed by atoms with Gasteiger partial charge in [0.15, 0.2) is 0 Å². The van der Waals surface area contributed by atoms with E-state index in [-0.39, 0.29) is 11.9 Å². The van der Waals surface area contributed by atoms with E-state index in [9.17, 15) is 4.39 Å². The molecule has 0 aromatic heterocycles. The van der Waals surface area contributed by atoms with E-state index in [1.807, 2.05) is 18.2 Å². The maximum Gasteiger partial charge on any atom is 0.123 e. The molecule has 0 bridgehead atoms. The predicted octanol–water partition coefficient (Wildman–Crippen LogP) is 5.19. The summed E-state index contributed by atoms with van der Waals surface area (Å²) in [5, 5.41) is 2.10. The molecular weight excluding hydrogens is 375 g/mol. The molecule has 1 saturated heterocycles. The molecule has 2 heterocycles. The SMILES string of the molecule is C[C@@H]1CN(c2cccc3cc(F)ccc23)CCN1CC[C@@H]1OCCc2ccccc21. The maximum atomic E-state index is 13.6. The first-order valence-electron chi connectivity index (χ1n) is 11.1.